The van der Waals surface area contributed by atoms with Gasteiger partial charge in [0, 0.05) is 17.8 Å². The quantitative estimate of drug-likeness (QED) is 0.318. The number of nitrogens with one attached hydrogen (secondary N) is 1. The summed E-state index contributed by atoms with van der Waals surface area (Å²) < 4.78 is 12.0. The van der Waals surface area contributed by atoms with Crippen LogP contribution >= 0.6 is 32.6 Å². The summed E-state index contributed by atoms with van der Waals surface area (Å²) >= 11 is 0.594. The number of aromatic nitrogens is 1. The van der Waals surface area contributed by atoms with Gasteiger partial charge >= 0.3 is 0 Å². The van der Waals surface area contributed by atoms with Crippen molar-refractivity contribution >= 4 is 66.0 Å². The highest BCUT2D eigenvalue weighted by molar-refractivity contribution is 14.1. The number of benzene rings is 1. The molecule has 1 aromatic carbocycles. The SMILES string of the molecule is COc1ccc(C(=O)Nc2ccnc3sc4c(c23)N=IN(C2CCCCC2)C4=O)cc1. The Balaban J connectivity index is 1.47. The van der Waals surface area contributed by atoms with Gasteiger partial charge in [0.15, 0.2) is 0 Å². The van der Waals surface area contributed by atoms with Crippen LogP contribution in [0.3, 0.4) is 0 Å². The lowest BCUT2D eigenvalue weighted by Gasteiger charge is -2.31. The predicted octanol–water partition coefficient (Wildman–Crippen LogP) is 6.05. The molecule has 0 saturated heterocycles. The van der Waals surface area contributed by atoms with E-state index in [9.17, 15) is 9.59 Å². The zero-order valence-electron chi connectivity index (χ0n) is 16.9. The van der Waals surface area contributed by atoms with Crippen LogP contribution in [0.1, 0.15) is 52.1 Å². The van der Waals surface area contributed by atoms with Crippen LogP contribution in [0.4, 0.5) is 11.4 Å². The summed E-state index contributed by atoms with van der Waals surface area (Å²) in [4.78, 5) is 31.9. The number of thiophene rings is 1. The summed E-state index contributed by atoms with van der Waals surface area (Å²) in [7, 11) is 1.59. The summed E-state index contributed by atoms with van der Waals surface area (Å²) in [6.07, 6.45) is 7.42. The van der Waals surface area contributed by atoms with E-state index in [2.05, 4.69) is 10.3 Å². The second kappa shape index (κ2) is 8.62. The number of hydrogen-bond acceptors (Lipinski definition) is 6. The van der Waals surface area contributed by atoms with Crippen LogP contribution in [0, 0.1) is 0 Å². The Hall–Kier alpha value is -2.40. The molecule has 1 fully saturated rings. The van der Waals surface area contributed by atoms with Crippen molar-refractivity contribution in [2.24, 2.45) is 3.15 Å². The Morgan fingerprint density at radius 3 is 2.71 bits per heavy atom. The first kappa shape index (κ1) is 20.5. The van der Waals surface area contributed by atoms with E-state index in [0.717, 1.165) is 23.1 Å². The van der Waals surface area contributed by atoms with Crippen molar-refractivity contribution in [1.82, 2.24) is 8.10 Å². The monoisotopic (exact) mass is 548 g/mol. The molecule has 3 aromatic rings. The maximum atomic E-state index is 13.3. The van der Waals surface area contributed by atoms with Crippen LogP contribution < -0.4 is 10.1 Å². The summed E-state index contributed by atoms with van der Waals surface area (Å²) in [5.41, 5.74) is 1.86. The van der Waals surface area contributed by atoms with Gasteiger partial charge in [-0.15, -0.1) is 11.3 Å². The van der Waals surface area contributed by atoms with Crippen LogP contribution in [-0.4, -0.2) is 33.1 Å². The molecule has 31 heavy (non-hydrogen) atoms. The first-order valence-corrected chi connectivity index (χ1v) is 13.0. The van der Waals surface area contributed by atoms with Crippen molar-refractivity contribution in [3.8, 4) is 5.75 Å². The Labute approximate surface area is 194 Å². The van der Waals surface area contributed by atoms with E-state index < -0.39 is 21.3 Å². The smallest absolute Gasteiger partial charge is 0.275 e. The van der Waals surface area contributed by atoms with Crippen molar-refractivity contribution in [3.05, 3.63) is 47.0 Å². The molecule has 0 unspecified atom stereocenters. The third-order valence-corrected chi connectivity index (χ3v) is 9.12. The second-order valence-electron chi connectivity index (χ2n) is 7.57. The second-order valence-corrected chi connectivity index (χ2v) is 10.5. The molecule has 1 N–H and O–H groups in total. The number of amides is 2. The molecule has 5 rings (SSSR count). The van der Waals surface area contributed by atoms with Crippen molar-refractivity contribution in [3.63, 3.8) is 0 Å². The summed E-state index contributed by atoms with van der Waals surface area (Å²) in [6, 6.07) is 9.03. The van der Waals surface area contributed by atoms with Gasteiger partial charge in [0.2, 0.25) is 0 Å². The molecule has 0 radical (unpaired) electrons. The molecule has 1 aliphatic carbocycles. The van der Waals surface area contributed by atoms with Gasteiger partial charge in [0.1, 0.15) is 42.5 Å². The van der Waals surface area contributed by atoms with E-state index in [0.29, 0.717) is 33.6 Å². The third kappa shape index (κ3) is 3.84. The van der Waals surface area contributed by atoms with Gasteiger partial charge in [-0.1, -0.05) is 19.3 Å². The van der Waals surface area contributed by atoms with Gasteiger partial charge in [0.25, 0.3) is 11.8 Å². The number of carbonyl (C=O) groups excluding carboxylic acids is 2. The van der Waals surface area contributed by atoms with Gasteiger partial charge in [0.05, 0.1) is 18.2 Å². The van der Waals surface area contributed by atoms with E-state index in [1.807, 2.05) is 3.11 Å². The lowest BCUT2D eigenvalue weighted by Crippen LogP contribution is -2.34. The highest BCUT2D eigenvalue weighted by Crippen LogP contribution is 2.47. The average Bonchev–Trinajstić information content (AvgIpc) is 3.20. The molecule has 0 atom stereocenters. The normalized spacial score (nSPS) is 16.7. The fourth-order valence-corrected chi connectivity index (χ4v) is 7.67. The summed E-state index contributed by atoms with van der Waals surface area (Å²) in [5.74, 6) is 0.550. The Bertz CT molecular complexity index is 1190. The van der Waals surface area contributed by atoms with Gasteiger partial charge in [-0.2, -0.15) is 0 Å². The summed E-state index contributed by atoms with van der Waals surface area (Å²) in [6.45, 7) is 0. The van der Waals surface area contributed by atoms with Crippen molar-refractivity contribution in [2.45, 2.75) is 38.1 Å². The predicted molar refractivity (Wildman–Crippen MR) is 130 cm³/mol. The number of anilines is 1. The van der Waals surface area contributed by atoms with E-state index in [-0.39, 0.29) is 11.8 Å². The van der Waals surface area contributed by atoms with Crippen molar-refractivity contribution in [2.75, 3.05) is 12.4 Å². The average molecular weight is 548 g/mol. The number of hydrogen-bond donors (Lipinski definition) is 1. The Kier molecular flexibility index (Phi) is 5.70. The molecule has 1 saturated carbocycles. The highest BCUT2D eigenvalue weighted by atomic mass is 127. The number of rotatable bonds is 4. The lowest BCUT2D eigenvalue weighted by molar-refractivity contribution is 0.0841. The van der Waals surface area contributed by atoms with E-state index >= 15 is 0 Å². The molecular weight excluding hydrogens is 527 g/mol. The minimum absolute atomic E-state index is 0.0835. The van der Waals surface area contributed by atoms with E-state index in [4.69, 9.17) is 7.88 Å². The molecule has 160 valence electrons. The number of halogens is 1. The first-order chi connectivity index (χ1) is 15.2. The molecular formula is C22H21IN4O3S. The van der Waals surface area contributed by atoms with Crippen LogP contribution in [0.15, 0.2) is 39.7 Å². The minimum atomic E-state index is -0.778. The molecule has 2 aromatic heterocycles. The number of carbonyl (C=O) groups is 2. The van der Waals surface area contributed by atoms with Crippen LogP contribution in [0.5, 0.6) is 5.75 Å². The van der Waals surface area contributed by atoms with Crippen LogP contribution in [0.2, 0.25) is 0 Å². The number of methoxy groups -OCH3 is 1. The number of fused-ring (bicyclic) bond motifs is 3. The molecule has 0 spiro atoms. The van der Waals surface area contributed by atoms with Crippen LogP contribution in [-0.2, 0) is 0 Å². The molecule has 2 amide bonds. The fourth-order valence-electron chi connectivity index (χ4n) is 4.02. The topological polar surface area (TPSA) is 83.9 Å². The zero-order valence-corrected chi connectivity index (χ0v) is 19.9. The Morgan fingerprint density at radius 2 is 1.97 bits per heavy atom. The zero-order chi connectivity index (χ0) is 21.4. The number of pyridine rings is 1. The van der Waals surface area contributed by atoms with Crippen molar-refractivity contribution in [1.29, 1.82) is 0 Å². The fraction of sp³-hybridized carbons (Fsp3) is 0.318. The van der Waals surface area contributed by atoms with Crippen molar-refractivity contribution < 1.29 is 14.3 Å². The van der Waals surface area contributed by atoms with Gasteiger partial charge < -0.3 is 10.1 Å². The lowest BCUT2D eigenvalue weighted by atomic mass is 9.95. The largest absolute Gasteiger partial charge is 0.497 e. The summed E-state index contributed by atoms with van der Waals surface area (Å²) in [5, 5.41) is 3.74. The van der Waals surface area contributed by atoms with Crippen LogP contribution in [0.25, 0.3) is 10.2 Å². The number of ether oxygens (including phenoxy) is 1. The molecule has 3 heterocycles. The third-order valence-electron chi connectivity index (χ3n) is 5.65. The minimum Gasteiger partial charge on any atom is -0.497 e. The van der Waals surface area contributed by atoms with Gasteiger partial charge in [-0.25, -0.2) is 8.13 Å². The first-order valence-electron chi connectivity index (χ1n) is 10.2. The molecule has 0 bridgehead atoms. The number of nitrogens with zero attached hydrogens (tertiary/aromatic N) is 3. The highest BCUT2D eigenvalue weighted by Gasteiger charge is 2.33. The maximum Gasteiger partial charge on any atom is 0.275 e. The van der Waals surface area contributed by atoms with E-state index in [1.54, 1.807) is 43.6 Å². The van der Waals surface area contributed by atoms with E-state index in [1.165, 1.54) is 30.6 Å². The molecule has 7 nitrogen and oxygen atoms in total. The van der Waals surface area contributed by atoms with Gasteiger partial charge in [-0.3, -0.25) is 12.7 Å². The molecule has 2 aliphatic rings. The molecule has 1 aliphatic heterocycles. The van der Waals surface area contributed by atoms with Gasteiger partial charge in [-0.05, 0) is 43.2 Å². The maximum absolute atomic E-state index is 13.3. The Morgan fingerprint density at radius 1 is 1.19 bits per heavy atom. The molecule has 9 heteroatoms. The standard InChI is InChI=1S/C22H21IN4O3S/c1-30-15-9-7-13(8-10-15)20(28)25-16-11-12-24-21-17(16)18-19(31-21)22(29)27(23-26-18)14-5-3-2-4-6-14/h7-12,14H,2-6H2,1H3,(H,24,25,28).